The zero-order valence-electron chi connectivity index (χ0n) is 21.0. The van der Waals surface area contributed by atoms with E-state index in [4.69, 9.17) is 9.88 Å². The minimum Gasteiger partial charge on any atom is -0.506 e. The molecule has 1 atom stereocenters. The van der Waals surface area contributed by atoms with Crippen molar-refractivity contribution in [3.8, 4) is 5.75 Å². The fourth-order valence-electron chi connectivity index (χ4n) is 4.22. The van der Waals surface area contributed by atoms with Crippen LogP contribution in [0.4, 0.5) is 0 Å². The molecule has 1 aromatic heterocycles. The van der Waals surface area contributed by atoms with Crippen molar-refractivity contribution < 1.29 is 23.4 Å². The molecule has 10 heteroatoms. The van der Waals surface area contributed by atoms with Crippen molar-refractivity contribution in [3.05, 3.63) is 70.0 Å². The van der Waals surface area contributed by atoms with Crippen LogP contribution < -0.4 is 16.0 Å². The van der Waals surface area contributed by atoms with E-state index in [9.17, 15) is 23.4 Å². The van der Waals surface area contributed by atoms with Crippen LogP contribution in [0.25, 0.3) is 10.9 Å². The molecule has 0 unspecified atom stereocenters. The number of nitrogens with two attached hydrogens (primary N) is 1. The molecule has 0 radical (unpaired) electrons. The molecule has 9 nitrogen and oxygen atoms in total. The van der Waals surface area contributed by atoms with Gasteiger partial charge >= 0.3 is 0 Å². The summed E-state index contributed by atoms with van der Waals surface area (Å²) in [4.78, 5) is 14.3. The molecule has 0 fully saturated rings. The summed E-state index contributed by atoms with van der Waals surface area (Å²) in [5.41, 5.74) is 1.65. The van der Waals surface area contributed by atoms with Gasteiger partial charge in [0.1, 0.15) is 5.75 Å². The Bertz CT molecular complexity index is 1310. The van der Waals surface area contributed by atoms with Crippen LogP contribution in [0.1, 0.15) is 55.8 Å². The largest absolute Gasteiger partial charge is 0.506 e. The Kier molecular flexibility index (Phi) is 11.1. The van der Waals surface area contributed by atoms with Crippen LogP contribution >= 0.6 is 0 Å². The molecule has 3 aromatic rings. The monoisotopic (exact) mass is 531 g/mol. The van der Waals surface area contributed by atoms with Crippen LogP contribution in [0.3, 0.4) is 0 Å². The SMILES string of the molecule is NS(=O)(=O)c1cccc(CCCCOCCCCCCNC[C@@H](O)c2ccc(O)c3[nH]c(=O)ccc23)c1. The molecular formula is C27H37N3O6S. The molecule has 0 saturated carbocycles. The van der Waals surface area contributed by atoms with Gasteiger partial charge in [0, 0.05) is 31.2 Å². The molecule has 0 spiro atoms. The first-order valence-electron chi connectivity index (χ1n) is 12.7. The number of phenols is 1. The molecule has 202 valence electrons. The van der Waals surface area contributed by atoms with E-state index in [0.29, 0.717) is 29.6 Å². The van der Waals surface area contributed by atoms with Gasteiger partial charge in [-0.1, -0.05) is 31.0 Å². The molecule has 0 aliphatic carbocycles. The lowest BCUT2D eigenvalue weighted by molar-refractivity contribution is 0.126. The number of hydrogen-bond donors (Lipinski definition) is 5. The Labute approximate surface area is 217 Å². The van der Waals surface area contributed by atoms with Crippen molar-refractivity contribution in [2.24, 2.45) is 5.14 Å². The number of aryl methyl sites for hydroxylation is 1. The number of aliphatic hydroxyl groups is 1. The zero-order valence-corrected chi connectivity index (χ0v) is 21.8. The van der Waals surface area contributed by atoms with Crippen molar-refractivity contribution in [3.63, 3.8) is 0 Å². The highest BCUT2D eigenvalue weighted by Gasteiger charge is 2.13. The minimum absolute atomic E-state index is 0.0197. The van der Waals surface area contributed by atoms with Crippen molar-refractivity contribution in [1.82, 2.24) is 10.3 Å². The van der Waals surface area contributed by atoms with Gasteiger partial charge in [0.2, 0.25) is 15.6 Å². The zero-order chi connectivity index (χ0) is 26.7. The Morgan fingerprint density at radius 2 is 1.73 bits per heavy atom. The quantitative estimate of drug-likeness (QED) is 0.178. The summed E-state index contributed by atoms with van der Waals surface area (Å²) in [6, 6.07) is 12.9. The second kappa shape index (κ2) is 14.3. The summed E-state index contributed by atoms with van der Waals surface area (Å²) in [6.45, 7) is 2.59. The number of primary sulfonamides is 1. The molecule has 0 aliphatic rings. The van der Waals surface area contributed by atoms with Gasteiger partial charge in [-0.2, -0.15) is 0 Å². The lowest BCUT2D eigenvalue weighted by Gasteiger charge is -2.15. The smallest absolute Gasteiger partial charge is 0.248 e. The maximum absolute atomic E-state index is 11.5. The molecule has 1 heterocycles. The van der Waals surface area contributed by atoms with Crippen LogP contribution in [0.5, 0.6) is 5.75 Å². The standard InChI is InChI=1S/C27H37N3O6S/c28-37(34,35)21-10-7-9-20(18-21)8-3-6-17-36-16-5-2-1-4-15-29-19-25(32)22-11-13-24(31)27-23(22)12-14-26(33)30-27/h7,9-14,18,25,29,31-32H,1-6,8,15-17,19H2,(H,30,33)(H2,28,34,35)/t25-/m1/s1. The predicted molar refractivity (Wildman–Crippen MR) is 144 cm³/mol. The first kappa shape index (κ1) is 28.8. The number of benzene rings is 2. The van der Waals surface area contributed by atoms with E-state index in [1.54, 1.807) is 24.3 Å². The third-order valence-corrected chi connectivity index (χ3v) is 7.14. The summed E-state index contributed by atoms with van der Waals surface area (Å²) in [6.07, 6.45) is 6.00. The number of H-pyrrole nitrogens is 1. The summed E-state index contributed by atoms with van der Waals surface area (Å²) >= 11 is 0. The van der Waals surface area contributed by atoms with Gasteiger partial charge in [-0.05, 0) is 74.0 Å². The average Bonchev–Trinajstić information content (AvgIpc) is 2.87. The molecular weight excluding hydrogens is 494 g/mol. The minimum atomic E-state index is -3.66. The van der Waals surface area contributed by atoms with Gasteiger partial charge in [0.05, 0.1) is 16.5 Å². The number of rotatable bonds is 16. The van der Waals surface area contributed by atoms with E-state index in [-0.39, 0.29) is 16.2 Å². The van der Waals surface area contributed by atoms with Gasteiger partial charge in [0.15, 0.2) is 0 Å². The Morgan fingerprint density at radius 3 is 2.51 bits per heavy atom. The van der Waals surface area contributed by atoms with Gasteiger partial charge in [0.25, 0.3) is 0 Å². The molecule has 0 saturated heterocycles. The third kappa shape index (κ3) is 9.24. The summed E-state index contributed by atoms with van der Waals surface area (Å²) in [5, 5.41) is 29.6. The van der Waals surface area contributed by atoms with Crippen LogP contribution in [0.2, 0.25) is 0 Å². The van der Waals surface area contributed by atoms with E-state index in [1.807, 2.05) is 6.07 Å². The van der Waals surface area contributed by atoms with E-state index >= 15 is 0 Å². The summed E-state index contributed by atoms with van der Waals surface area (Å²) in [5.74, 6) is -0.0197. The van der Waals surface area contributed by atoms with Crippen LogP contribution in [0.15, 0.2) is 58.2 Å². The van der Waals surface area contributed by atoms with E-state index in [2.05, 4.69) is 10.3 Å². The number of ether oxygens (including phenoxy) is 1. The fourth-order valence-corrected chi connectivity index (χ4v) is 4.80. The number of unbranched alkanes of at least 4 members (excludes halogenated alkanes) is 4. The number of phenolic OH excluding ortho intramolecular Hbond substituents is 1. The number of aliphatic hydroxyl groups excluding tert-OH is 1. The molecule has 2 aromatic carbocycles. The van der Waals surface area contributed by atoms with Gasteiger partial charge in [-0.25, -0.2) is 13.6 Å². The van der Waals surface area contributed by atoms with Crippen LogP contribution in [0, 0.1) is 0 Å². The Hall–Kier alpha value is -2.76. The molecule has 37 heavy (non-hydrogen) atoms. The number of sulfonamides is 1. The Balaban J connectivity index is 1.20. The Morgan fingerprint density at radius 1 is 0.973 bits per heavy atom. The predicted octanol–water partition coefficient (Wildman–Crippen LogP) is 3.10. The van der Waals surface area contributed by atoms with Crippen molar-refractivity contribution >= 4 is 20.9 Å². The second-order valence-electron chi connectivity index (χ2n) is 9.18. The van der Waals surface area contributed by atoms with E-state index in [1.165, 1.54) is 18.2 Å². The van der Waals surface area contributed by atoms with Crippen LogP contribution in [-0.2, 0) is 21.2 Å². The number of hydrogen-bond acceptors (Lipinski definition) is 7. The van der Waals surface area contributed by atoms with Gasteiger partial charge < -0.3 is 25.3 Å². The average molecular weight is 532 g/mol. The maximum Gasteiger partial charge on any atom is 0.248 e. The lowest BCUT2D eigenvalue weighted by Crippen LogP contribution is -2.22. The number of aromatic hydroxyl groups is 1. The topological polar surface area (TPSA) is 155 Å². The molecule has 0 amide bonds. The highest BCUT2D eigenvalue weighted by atomic mass is 32.2. The molecule has 0 aliphatic heterocycles. The second-order valence-corrected chi connectivity index (χ2v) is 10.7. The lowest BCUT2D eigenvalue weighted by atomic mass is 10.0. The van der Waals surface area contributed by atoms with E-state index < -0.39 is 16.1 Å². The number of aromatic nitrogens is 1. The molecule has 6 N–H and O–H groups in total. The number of fused-ring (bicyclic) bond motifs is 1. The molecule has 0 bridgehead atoms. The summed E-state index contributed by atoms with van der Waals surface area (Å²) < 4.78 is 28.6. The highest BCUT2D eigenvalue weighted by Crippen LogP contribution is 2.28. The third-order valence-electron chi connectivity index (χ3n) is 6.23. The van der Waals surface area contributed by atoms with Gasteiger partial charge in [-0.15, -0.1) is 0 Å². The molecule has 3 rings (SSSR count). The van der Waals surface area contributed by atoms with Crippen molar-refractivity contribution in [1.29, 1.82) is 0 Å². The van der Waals surface area contributed by atoms with Gasteiger partial charge in [-0.3, -0.25) is 4.79 Å². The number of aromatic amines is 1. The van der Waals surface area contributed by atoms with Crippen molar-refractivity contribution in [2.45, 2.75) is 55.9 Å². The number of pyridine rings is 1. The van der Waals surface area contributed by atoms with Crippen LogP contribution in [-0.4, -0.2) is 49.9 Å². The van der Waals surface area contributed by atoms with E-state index in [0.717, 1.165) is 63.7 Å². The highest BCUT2D eigenvalue weighted by molar-refractivity contribution is 7.89. The first-order valence-corrected chi connectivity index (χ1v) is 14.2. The number of nitrogens with one attached hydrogen (secondary N) is 2. The fraction of sp³-hybridized carbons (Fsp3) is 0.444. The van der Waals surface area contributed by atoms with Crippen molar-refractivity contribution in [2.75, 3.05) is 26.3 Å². The first-order chi connectivity index (χ1) is 17.8. The summed E-state index contributed by atoms with van der Waals surface area (Å²) in [7, 11) is -3.66. The maximum atomic E-state index is 11.5. The normalized spacial score (nSPS) is 12.7.